The third-order valence-corrected chi connectivity index (χ3v) is 3.82. The Hall–Kier alpha value is -1.06. The molecule has 1 fully saturated rings. The van der Waals surface area contributed by atoms with E-state index in [1.807, 2.05) is 34.6 Å². The first kappa shape index (κ1) is 19.0. The summed E-state index contributed by atoms with van der Waals surface area (Å²) in [5.74, 6) is 0.525. The highest BCUT2D eigenvalue weighted by Gasteiger charge is 2.43. The third-order valence-electron chi connectivity index (χ3n) is 3.82. The summed E-state index contributed by atoms with van der Waals surface area (Å²) in [6.45, 7) is 16.6. The number of amides is 1. The second kappa shape index (κ2) is 6.21. The van der Waals surface area contributed by atoms with Crippen LogP contribution in [0.25, 0.3) is 0 Å². The standard InChI is InChI=1S/C18H33NO3/c1-16(2,3)11-14(20)9-13-10-18(7,8)19(12-13)15(21)22-17(4,5)6/h13H,9-12H2,1-8H3. The molecule has 4 heteroatoms. The number of hydrogen-bond acceptors (Lipinski definition) is 3. The minimum Gasteiger partial charge on any atom is -0.444 e. The summed E-state index contributed by atoms with van der Waals surface area (Å²) in [6.07, 6.45) is 1.72. The monoisotopic (exact) mass is 311 g/mol. The van der Waals surface area contributed by atoms with Crippen molar-refractivity contribution in [2.24, 2.45) is 11.3 Å². The van der Waals surface area contributed by atoms with Crippen LogP contribution in [0.2, 0.25) is 0 Å². The van der Waals surface area contributed by atoms with Gasteiger partial charge in [-0.15, -0.1) is 0 Å². The van der Waals surface area contributed by atoms with Crippen LogP contribution in [0, 0.1) is 11.3 Å². The van der Waals surface area contributed by atoms with Crippen molar-refractivity contribution in [2.45, 2.75) is 85.8 Å². The van der Waals surface area contributed by atoms with Gasteiger partial charge in [0, 0.05) is 24.9 Å². The number of carbonyl (C=O) groups excluding carboxylic acids is 2. The Morgan fingerprint density at radius 1 is 1.14 bits per heavy atom. The number of hydrogen-bond donors (Lipinski definition) is 0. The highest BCUT2D eigenvalue weighted by atomic mass is 16.6. The lowest BCUT2D eigenvalue weighted by atomic mass is 9.85. The van der Waals surface area contributed by atoms with Crippen LogP contribution < -0.4 is 0 Å². The van der Waals surface area contributed by atoms with E-state index in [9.17, 15) is 9.59 Å². The van der Waals surface area contributed by atoms with Crippen molar-refractivity contribution in [1.29, 1.82) is 0 Å². The van der Waals surface area contributed by atoms with Gasteiger partial charge in [-0.25, -0.2) is 4.79 Å². The van der Waals surface area contributed by atoms with E-state index < -0.39 is 5.60 Å². The van der Waals surface area contributed by atoms with Gasteiger partial charge >= 0.3 is 6.09 Å². The molecule has 4 nitrogen and oxygen atoms in total. The summed E-state index contributed by atoms with van der Waals surface area (Å²) in [6, 6.07) is 0. The number of ether oxygens (including phenoxy) is 1. The van der Waals surface area contributed by atoms with E-state index >= 15 is 0 Å². The van der Waals surface area contributed by atoms with Gasteiger partial charge < -0.3 is 9.64 Å². The van der Waals surface area contributed by atoms with Crippen molar-refractivity contribution >= 4 is 11.9 Å². The van der Waals surface area contributed by atoms with Gasteiger partial charge in [0.25, 0.3) is 0 Å². The summed E-state index contributed by atoms with van der Waals surface area (Å²) in [5.41, 5.74) is -0.724. The molecule has 0 radical (unpaired) electrons. The molecule has 0 aromatic rings. The quantitative estimate of drug-likeness (QED) is 0.775. The molecule has 0 bridgehead atoms. The highest BCUT2D eigenvalue weighted by Crippen LogP contribution is 2.36. The van der Waals surface area contributed by atoms with Gasteiger partial charge in [0.1, 0.15) is 11.4 Å². The SMILES string of the molecule is CC(C)(C)CC(=O)CC1CN(C(=O)OC(C)(C)C)C(C)(C)C1. The van der Waals surface area contributed by atoms with E-state index in [0.717, 1.165) is 6.42 Å². The number of carbonyl (C=O) groups is 2. The molecule has 1 amide bonds. The maximum atomic E-state index is 12.4. The Morgan fingerprint density at radius 3 is 2.14 bits per heavy atom. The first-order valence-electron chi connectivity index (χ1n) is 8.22. The Labute approximate surface area is 135 Å². The fourth-order valence-corrected chi connectivity index (χ4v) is 3.15. The van der Waals surface area contributed by atoms with Gasteiger partial charge in [0.05, 0.1) is 0 Å². The molecular weight excluding hydrogens is 278 g/mol. The lowest BCUT2D eigenvalue weighted by molar-refractivity contribution is -0.121. The fourth-order valence-electron chi connectivity index (χ4n) is 3.15. The minimum atomic E-state index is -0.493. The van der Waals surface area contributed by atoms with Crippen molar-refractivity contribution < 1.29 is 14.3 Å². The second-order valence-corrected chi connectivity index (χ2v) is 9.45. The van der Waals surface area contributed by atoms with Crippen LogP contribution in [0.5, 0.6) is 0 Å². The average molecular weight is 311 g/mol. The predicted molar refractivity (Wildman–Crippen MR) is 88.8 cm³/mol. The van der Waals surface area contributed by atoms with E-state index in [4.69, 9.17) is 4.74 Å². The van der Waals surface area contributed by atoms with Crippen LogP contribution in [-0.2, 0) is 9.53 Å². The van der Waals surface area contributed by atoms with Crippen LogP contribution in [-0.4, -0.2) is 34.5 Å². The maximum Gasteiger partial charge on any atom is 0.410 e. The Morgan fingerprint density at radius 2 is 1.68 bits per heavy atom. The minimum absolute atomic E-state index is 0.0239. The molecule has 1 atom stereocenters. The molecule has 1 unspecified atom stereocenters. The normalized spacial score (nSPS) is 21.8. The number of nitrogens with zero attached hydrogens (tertiary/aromatic N) is 1. The highest BCUT2D eigenvalue weighted by molar-refractivity contribution is 5.79. The van der Waals surface area contributed by atoms with Gasteiger partial charge in [0.15, 0.2) is 0 Å². The molecule has 1 saturated heterocycles. The van der Waals surface area contributed by atoms with Gasteiger partial charge in [-0.2, -0.15) is 0 Å². The summed E-state index contributed by atoms with van der Waals surface area (Å²) in [5, 5.41) is 0. The van der Waals surface area contributed by atoms with E-state index in [0.29, 0.717) is 25.2 Å². The molecular formula is C18H33NO3. The second-order valence-electron chi connectivity index (χ2n) is 9.45. The zero-order chi connectivity index (χ0) is 17.3. The van der Waals surface area contributed by atoms with Crippen molar-refractivity contribution in [3.8, 4) is 0 Å². The molecule has 1 aliphatic rings. The molecule has 0 aromatic carbocycles. The largest absolute Gasteiger partial charge is 0.444 e. The van der Waals surface area contributed by atoms with Crippen LogP contribution >= 0.6 is 0 Å². The molecule has 0 spiro atoms. The van der Waals surface area contributed by atoms with E-state index in [-0.39, 0.29) is 23.0 Å². The predicted octanol–water partition coefficient (Wildman–Crippen LogP) is 4.42. The molecule has 1 heterocycles. The van der Waals surface area contributed by atoms with E-state index in [2.05, 4.69) is 20.8 Å². The van der Waals surface area contributed by atoms with Crippen LogP contribution in [0.15, 0.2) is 0 Å². The van der Waals surface area contributed by atoms with Gasteiger partial charge in [-0.1, -0.05) is 20.8 Å². The van der Waals surface area contributed by atoms with E-state index in [1.165, 1.54) is 0 Å². The first-order valence-corrected chi connectivity index (χ1v) is 8.22. The van der Waals surface area contributed by atoms with Gasteiger partial charge in [-0.3, -0.25) is 4.79 Å². The van der Waals surface area contributed by atoms with Crippen molar-refractivity contribution in [3.63, 3.8) is 0 Å². The summed E-state index contributed by atoms with van der Waals surface area (Å²) in [4.78, 5) is 26.3. The zero-order valence-electron chi connectivity index (χ0n) is 15.6. The lowest BCUT2D eigenvalue weighted by Crippen LogP contribution is -2.45. The molecule has 128 valence electrons. The average Bonchev–Trinajstić information content (AvgIpc) is 2.47. The maximum absolute atomic E-state index is 12.4. The lowest BCUT2D eigenvalue weighted by Gasteiger charge is -2.33. The van der Waals surface area contributed by atoms with E-state index in [1.54, 1.807) is 4.90 Å². The van der Waals surface area contributed by atoms with Crippen LogP contribution in [0.3, 0.4) is 0 Å². The van der Waals surface area contributed by atoms with Crippen LogP contribution in [0.4, 0.5) is 4.79 Å². The first-order chi connectivity index (χ1) is 9.70. The Bertz CT molecular complexity index is 427. The van der Waals surface area contributed by atoms with Crippen molar-refractivity contribution in [3.05, 3.63) is 0 Å². The summed E-state index contributed by atoms with van der Waals surface area (Å²) < 4.78 is 5.49. The molecule has 0 aliphatic carbocycles. The van der Waals surface area contributed by atoms with Crippen molar-refractivity contribution in [1.82, 2.24) is 4.90 Å². The fraction of sp³-hybridized carbons (Fsp3) is 0.889. The van der Waals surface area contributed by atoms with Crippen LogP contribution in [0.1, 0.15) is 74.7 Å². The summed E-state index contributed by atoms with van der Waals surface area (Å²) >= 11 is 0. The van der Waals surface area contributed by atoms with Crippen molar-refractivity contribution in [2.75, 3.05) is 6.54 Å². The Balaban J connectivity index is 2.66. The number of likely N-dealkylation sites (tertiary alicyclic amines) is 1. The molecule has 22 heavy (non-hydrogen) atoms. The van der Waals surface area contributed by atoms with Gasteiger partial charge in [-0.05, 0) is 52.4 Å². The smallest absolute Gasteiger partial charge is 0.410 e. The summed E-state index contributed by atoms with van der Waals surface area (Å²) in [7, 11) is 0. The molecule has 1 aliphatic heterocycles. The third kappa shape index (κ3) is 5.98. The zero-order valence-corrected chi connectivity index (χ0v) is 15.6. The van der Waals surface area contributed by atoms with Gasteiger partial charge in [0.2, 0.25) is 0 Å². The topological polar surface area (TPSA) is 46.6 Å². The number of rotatable bonds is 3. The molecule has 0 N–H and O–H groups in total. The Kier molecular flexibility index (Phi) is 5.36. The number of Topliss-reactive ketones (excluding diaryl/α,β-unsaturated/α-hetero) is 1. The number of ketones is 1. The molecule has 0 saturated carbocycles. The molecule has 0 aromatic heterocycles. The molecule has 1 rings (SSSR count).